The second-order valence-electron chi connectivity index (χ2n) is 4.44. The lowest BCUT2D eigenvalue weighted by molar-refractivity contribution is -0.384. The zero-order chi connectivity index (χ0) is 14.3. The first kappa shape index (κ1) is 15.4. The number of nitro groups is 1. The van der Waals surface area contributed by atoms with E-state index in [1.54, 1.807) is 20.3 Å². The third kappa shape index (κ3) is 4.84. The molecule has 106 valence electrons. The summed E-state index contributed by atoms with van der Waals surface area (Å²) < 4.78 is 10.2. The largest absolute Gasteiger partial charge is 0.496 e. The van der Waals surface area contributed by atoms with Crippen LogP contribution in [0.2, 0.25) is 0 Å². The zero-order valence-corrected chi connectivity index (χ0v) is 11.5. The number of nitrogens with one attached hydrogen (secondary N) is 1. The molecule has 1 rings (SSSR count). The summed E-state index contributed by atoms with van der Waals surface area (Å²) in [5.41, 5.74) is 0.851. The highest BCUT2D eigenvalue weighted by Gasteiger charge is 2.11. The fraction of sp³-hybridized carbons (Fsp3) is 0.538. The number of methoxy groups -OCH3 is 2. The van der Waals surface area contributed by atoms with E-state index in [0.29, 0.717) is 24.8 Å². The molecular formula is C13H20N2O4. The van der Waals surface area contributed by atoms with E-state index in [9.17, 15) is 10.1 Å². The lowest BCUT2D eigenvalue weighted by atomic mass is 10.1. The second-order valence-corrected chi connectivity index (χ2v) is 4.44. The minimum absolute atomic E-state index is 0.0718. The maximum absolute atomic E-state index is 10.7. The second kappa shape index (κ2) is 7.70. The van der Waals surface area contributed by atoms with Gasteiger partial charge in [-0.1, -0.05) is 6.92 Å². The van der Waals surface area contributed by atoms with Crippen molar-refractivity contribution in [1.82, 2.24) is 5.32 Å². The first-order chi connectivity index (χ1) is 9.08. The molecule has 0 spiro atoms. The van der Waals surface area contributed by atoms with Crippen LogP contribution in [0.1, 0.15) is 12.5 Å². The minimum Gasteiger partial charge on any atom is -0.496 e. The maximum Gasteiger partial charge on any atom is 0.270 e. The van der Waals surface area contributed by atoms with Crippen LogP contribution in [0, 0.1) is 16.0 Å². The van der Waals surface area contributed by atoms with E-state index in [1.165, 1.54) is 12.1 Å². The van der Waals surface area contributed by atoms with Crippen LogP contribution in [0.25, 0.3) is 0 Å². The van der Waals surface area contributed by atoms with E-state index < -0.39 is 4.92 Å². The van der Waals surface area contributed by atoms with E-state index in [4.69, 9.17) is 9.47 Å². The molecule has 1 atom stereocenters. The number of nitro benzene ring substituents is 1. The van der Waals surface area contributed by atoms with Crippen molar-refractivity contribution in [1.29, 1.82) is 0 Å². The Labute approximate surface area is 112 Å². The third-order valence-electron chi connectivity index (χ3n) is 2.73. The fourth-order valence-electron chi connectivity index (χ4n) is 1.81. The number of nitrogens with zero attached hydrogens (tertiary/aromatic N) is 1. The van der Waals surface area contributed by atoms with Crippen LogP contribution in [0.5, 0.6) is 5.75 Å². The smallest absolute Gasteiger partial charge is 0.270 e. The number of non-ortho nitro benzene ring substituents is 1. The van der Waals surface area contributed by atoms with Gasteiger partial charge in [0.25, 0.3) is 5.69 Å². The average Bonchev–Trinajstić information content (AvgIpc) is 2.38. The molecule has 0 heterocycles. The summed E-state index contributed by atoms with van der Waals surface area (Å²) >= 11 is 0. The standard InChI is InChI=1S/C13H20N2O4/c1-10(9-18-2)7-14-8-11-6-12(15(16)17)4-5-13(11)19-3/h4-6,10,14H,7-9H2,1-3H3. The summed E-state index contributed by atoms with van der Waals surface area (Å²) in [6.45, 7) is 4.05. The van der Waals surface area contributed by atoms with Gasteiger partial charge < -0.3 is 14.8 Å². The molecule has 19 heavy (non-hydrogen) atoms. The van der Waals surface area contributed by atoms with Gasteiger partial charge in [-0.2, -0.15) is 0 Å². The molecule has 0 bridgehead atoms. The number of hydrogen-bond donors (Lipinski definition) is 1. The molecule has 0 fully saturated rings. The minimum atomic E-state index is -0.406. The molecule has 0 aliphatic carbocycles. The number of hydrogen-bond acceptors (Lipinski definition) is 5. The van der Waals surface area contributed by atoms with Crippen molar-refractivity contribution in [3.8, 4) is 5.75 Å². The molecular weight excluding hydrogens is 248 g/mol. The summed E-state index contributed by atoms with van der Waals surface area (Å²) in [6, 6.07) is 4.59. The Kier molecular flexibility index (Phi) is 6.24. The van der Waals surface area contributed by atoms with Crippen molar-refractivity contribution >= 4 is 5.69 Å². The Hall–Kier alpha value is -1.66. The Morgan fingerprint density at radius 2 is 2.16 bits per heavy atom. The fourth-order valence-corrected chi connectivity index (χ4v) is 1.81. The number of ether oxygens (including phenoxy) is 2. The normalized spacial score (nSPS) is 12.2. The van der Waals surface area contributed by atoms with Gasteiger partial charge in [0.15, 0.2) is 0 Å². The van der Waals surface area contributed by atoms with Gasteiger partial charge in [0.1, 0.15) is 5.75 Å². The molecule has 0 amide bonds. The lowest BCUT2D eigenvalue weighted by Gasteiger charge is -2.13. The van der Waals surface area contributed by atoms with Gasteiger partial charge in [-0.05, 0) is 12.0 Å². The average molecular weight is 268 g/mol. The van der Waals surface area contributed by atoms with Gasteiger partial charge in [0.2, 0.25) is 0 Å². The Morgan fingerprint density at radius 3 is 2.74 bits per heavy atom. The van der Waals surface area contributed by atoms with E-state index >= 15 is 0 Å². The lowest BCUT2D eigenvalue weighted by Crippen LogP contribution is -2.23. The summed E-state index contributed by atoms with van der Waals surface area (Å²) in [7, 11) is 3.22. The topological polar surface area (TPSA) is 73.6 Å². The quantitative estimate of drug-likeness (QED) is 0.576. The maximum atomic E-state index is 10.7. The highest BCUT2D eigenvalue weighted by molar-refractivity contribution is 5.43. The monoisotopic (exact) mass is 268 g/mol. The molecule has 0 aromatic heterocycles. The summed E-state index contributed by atoms with van der Waals surface area (Å²) in [4.78, 5) is 10.3. The van der Waals surface area contributed by atoms with Gasteiger partial charge in [0.05, 0.1) is 12.0 Å². The van der Waals surface area contributed by atoms with E-state index in [2.05, 4.69) is 12.2 Å². The van der Waals surface area contributed by atoms with Crippen LogP contribution in [0.15, 0.2) is 18.2 Å². The highest BCUT2D eigenvalue weighted by Crippen LogP contribution is 2.23. The number of benzene rings is 1. The van der Waals surface area contributed by atoms with Crippen molar-refractivity contribution in [2.45, 2.75) is 13.5 Å². The molecule has 0 saturated heterocycles. The van der Waals surface area contributed by atoms with Crippen molar-refractivity contribution in [3.05, 3.63) is 33.9 Å². The molecule has 1 N–H and O–H groups in total. The molecule has 6 heteroatoms. The highest BCUT2D eigenvalue weighted by atomic mass is 16.6. The van der Waals surface area contributed by atoms with Crippen LogP contribution in [0.3, 0.4) is 0 Å². The van der Waals surface area contributed by atoms with Gasteiger partial charge in [-0.15, -0.1) is 0 Å². The Bertz CT molecular complexity index is 423. The summed E-state index contributed by atoms with van der Waals surface area (Å²) in [6.07, 6.45) is 0. The molecule has 1 unspecified atom stereocenters. The molecule has 0 radical (unpaired) electrons. The molecule has 1 aromatic carbocycles. The van der Waals surface area contributed by atoms with Gasteiger partial charge >= 0.3 is 0 Å². The predicted molar refractivity (Wildman–Crippen MR) is 72.4 cm³/mol. The predicted octanol–water partition coefficient (Wildman–Crippen LogP) is 1.98. The SMILES string of the molecule is COCC(C)CNCc1cc([N+](=O)[O-])ccc1OC. The Balaban J connectivity index is 2.65. The van der Waals surface area contributed by atoms with Gasteiger partial charge in [-0.3, -0.25) is 10.1 Å². The first-order valence-corrected chi connectivity index (χ1v) is 6.09. The van der Waals surface area contributed by atoms with Crippen molar-refractivity contribution < 1.29 is 14.4 Å². The van der Waals surface area contributed by atoms with Gasteiger partial charge in [-0.25, -0.2) is 0 Å². The third-order valence-corrected chi connectivity index (χ3v) is 2.73. The summed E-state index contributed by atoms with van der Waals surface area (Å²) in [5.74, 6) is 1.03. The molecule has 0 aliphatic rings. The Morgan fingerprint density at radius 1 is 1.42 bits per heavy atom. The van der Waals surface area contributed by atoms with E-state index in [1.807, 2.05) is 0 Å². The van der Waals surface area contributed by atoms with Crippen LogP contribution in [0.4, 0.5) is 5.69 Å². The number of rotatable bonds is 8. The van der Waals surface area contributed by atoms with Crippen LogP contribution >= 0.6 is 0 Å². The summed E-state index contributed by atoms with van der Waals surface area (Å²) in [5, 5.41) is 14.0. The molecule has 0 aliphatic heterocycles. The van der Waals surface area contributed by atoms with Crippen LogP contribution < -0.4 is 10.1 Å². The molecule has 0 saturated carbocycles. The zero-order valence-electron chi connectivity index (χ0n) is 11.5. The van der Waals surface area contributed by atoms with E-state index in [-0.39, 0.29) is 5.69 Å². The molecule has 1 aromatic rings. The van der Waals surface area contributed by atoms with Gasteiger partial charge in [0, 0.05) is 44.5 Å². The van der Waals surface area contributed by atoms with Crippen molar-refractivity contribution in [2.24, 2.45) is 5.92 Å². The first-order valence-electron chi connectivity index (χ1n) is 6.09. The van der Waals surface area contributed by atoms with Crippen LogP contribution in [-0.4, -0.2) is 32.3 Å². The van der Waals surface area contributed by atoms with Crippen molar-refractivity contribution in [2.75, 3.05) is 27.4 Å². The van der Waals surface area contributed by atoms with Crippen molar-refractivity contribution in [3.63, 3.8) is 0 Å². The van der Waals surface area contributed by atoms with E-state index in [0.717, 1.165) is 12.1 Å². The molecule has 6 nitrogen and oxygen atoms in total. The van der Waals surface area contributed by atoms with Crippen LogP contribution in [-0.2, 0) is 11.3 Å².